The van der Waals surface area contributed by atoms with E-state index in [1.165, 1.54) is 7.11 Å². The average Bonchev–Trinajstić information content (AvgIpc) is 2.77. The third-order valence-electron chi connectivity index (χ3n) is 2.55. The van der Waals surface area contributed by atoms with Crippen molar-refractivity contribution in [1.82, 2.24) is 9.78 Å². The summed E-state index contributed by atoms with van der Waals surface area (Å²) < 4.78 is 10.4. The van der Waals surface area contributed by atoms with Crippen LogP contribution in [0.2, 0.25) is 0 Å². The van der Waals surface area contributed by atoms with E-state index in [-0.39, 0.29) is 6.54 Å². The summed E-state index contributed by atoms with van der Waals surface area (Å²) in [5.74, 6) is -2.09. The molecule has 0 saturated carbocycles. The molecule has 0 aliphatic carbocycles. The lowest BCUT2D eigenvalue weighted by Crippen LogP contribution is -2.23. The molecule has 0 saturated heterocycles. The third-order valence-corrected chi connectivity index (χ3v) is 2.55. The number of nitrogens with two attached hydrogens (primary N) is 1. The highest BCUT2D eigenvalue weighted by molar-refractivity contribution is 6.01. The van der Waals surface area contributed by atoms with Crippen LogP contribution in [0.25, 0.3) is 0 Å². The Kier molecular flexibility index (Phi) is 4.75. The van der Waals surface area contributed by atoms with Gasteiger partial charge in [-0.25, -0.2) is 4.79 Å². The quantitative estimate of drug-likeness (QED) is 0.430. The van der Waals surface area contributed by atoms with Crippen molar-refractivity contribution in [2.24, 2.45) is 5.73 Å². The monoisotopic (exact) mass is 286 g/mol. The summed E-state index contributed by atoms with van der Waals surface area (Å²) in [4.78, 5) is 33.0. The molecule has 2 N–H and O–H groups in total. The first-order valence-electron chi connectivity index (χ1n) is 5.49. The lowest BCUT2D eigenvalue weighted by molar-refractivity contribution is -0.385. The van der Waals surface area contributed by atoms with E-state index >= 15 is 0 Å². The highest BCUT2D eigenvalue weighted by atomic mass is 16.6. The summed E-state index contributed by atoms with van der Waals surface area (Å²) in [6, 6.07) is 0. The highest BCUT2D eigenvalue weighted by Gasteiger charge is 2.35. The van der Waals surface area contributed by atoms with Gasteiger partial charge in [0.05, 0.1) is 24.7 Å². The summed E-state index contributed by atoms with van der Waals surface area (Å²) in [6.07, 6.45) is -0.391. The maximum Gasteiger partial charge on any atom is 0.365 e. The van der Waals surface area contributed by atoms with Gasteiger partial charge in [-0.1, -0.05) is 0 Å². The van der Waals surface area contributed by atoms with Gasteiger partial charge >= 0.3 is 11.7 Å². The van der Waals surface area contributed by atoms with Crippen LogP contribution in [0.15, 0.2) is 0 Å². The van der Waals surface area contributed by atoms with E-state index < -0.39 is 40.0 Å². The lowest BCUT2D eigenvalue weighted by atomic mass is 10.2. The smallest absolute Gasteiger partial charge is 0.365 e. The van der Waals surface area contributed by atoms with Crippen molar-refractivity contribution >= 4 is 17.6 Å². The van der Waals surface area contributed by atoms with Crippen LogP contribution in [0.1, 0.15) is 27.9 Å². The van der Waals surface area contributed by atoms with Crippen molar-refractivity contribution in [3.63, 3.8) is 0 Å². The van der Waals surface area contributed by atoms with Crippen LogP contribution >= 0.6 is 0 Å². The number of esters is 1. The van der Waals surface area contributed by atoms with Crippen molar-refractivity contribution in [2.45, 2.75) is 19.6 Å². The number of nitrogens with zero attached hydrogens (tertiary/aromatic N) is 3. The Bertz CT molecular complexity index is 552. The lowest BCUT2D eigenvalue weighted by Gasteiger charge is -2.10. The van der Waals surface area contributed by atoms with Gasteiger partial charge in [-0.15, -0.1) is 0 Å². The molecule has 0 bridgehead atoms. The Balaban J connectivity index is 3.48. The molecular weight excluding hydrogens is 272 g/mol. The number of carbonyl (C=O) groups is 2. The molecular formula is C10H14N4O6. The van der Waals surface area contributed by atoms with Gasteiger partial charge in [0.2, 0.25) is 11.4 Å². The average molecular weight is 286 g/mol. The summed E-state index contributed by atoms with van der Waals surface area (Å²) in [7, 11) is 2.47. The molecule has 1 heterocycles. The van der Waals surface area contributed by atoms with E-state index in [0.29, 0.717) is 0 Å². The molecule has 1 aromatic heterocycles. The van der Waals surface area contributed by atoms with Crippen LogP contribution in [-0.2, 0) is 16.0 Å². The number of methoxy groups -OCH3 is 2. The summed E-state index contributed by atoms with van der Waals surface area (Å²) >= 11 is 0. The zero-order valence-electron chi connectivity index (χ0n) is 11.2. The minimum atomic E-state index is -1.07. The third kappa shape index (κ3) is 2.91. The summed E-state index contributed by atoms with van der Waals surface area (Å²) in [5, 5.41) is 14.8. The molecule has 10 nitrogen and oxygen atoms in total. The molecule has 0 fully saturated rings. The summed E-state index contributed by atoms with van der Waals surface area (Å²) in [5.41, 5.74) is 3.31. The van der Waals surface area contributed by atoms with Gasteiger partial charge in [-0.3, -0.25) is 19.6 Å². The molecule has 0 radical (unpaired) electrons. The van der Waals surface area contributed by atoms with Gasteiger partial charge in [0.15, 0.2) is 0 Å². The number of nitro groups is 1. The van der Waals surface area contributed by atoms with Gasteiger partial charge in [0, 0.05) is 7.11 Å². The Morgan fingerprint density at radius 2 is 2.10 bits per heavy atom. The fraction of sp³-hybridized carbons (Fsp3) is 0.500. The maximum atomic E-state index is 11.5. The minimum absolute atomic E-state index is 0.0204. The van der Waals surface area contributed by atoms with Crippen LogP contribution in [0.5, 0.6) is 0 Å². The Morgan fingerprint density at radius 3 is 2.50 bits per heavy atom. The van der Waals surface area contributed by atoms with E-state index in [2.05, 4.69) is 9.84 Å². The van der Waals surface area contributed by atoms with Crippen LogP contribution in [0.3, 0.4) is 0 Å². The number of aromatic nitrogens is 2. The topological polar surface area (TPSA) is 140 Å². The van der Waals surface area contributed by atoms with Crippen molar-refractivity contribution in [3.05, 3.63) is 21.5 Å². The van der Waals surface area contributed by atoms with E-state index in [9.17, 15) is 19.7 Å². The Hall–Kier alpha value is -2.49. The first kappa shape index (κ1) is 15.6. The minimum Gasteiger partial charge on any atom is -0.464 e. The zero-order chi connectivity index (χ0) is 15.4. The number of amides is 1. The second-order valence-electron chi connectivity index (χ2n) is 3.89. The van der Waals surface area contributed by atoms with Gasteiger partial charge in [0.25, 0.3) is 5.91 Å². The van der Waals surface area contributed by atoms with Gasteiger partial charge in [-0.05, 0) is 6.92 Å². The van der Waals surface area contributed by atoms with Crippen molar-refractivity contribution < 1.29 is 24.0 Å². The number of ether oxygens (including phenoxy) is 2. The predicted octanol–water partition coefficient (Wildman–Crippen LogP) is -0.288. The molecule has 0 aromatic carbocycles. The van der Waals surface area contributed by atoms with Crippen LogP contribution in [0.4, 0.5) is 5.69 Å². The number of hydrogen-bond acceptors (Lipinski definition) is 7. The molecule has 1 rings (SSSR count). The second kappa shape index (κ2) is 6.10. The molecule has 110 valence electrons. The summed E-state index contributed by atoms with van der Waals surface area (Å²) in [6.45, 7) is 1.68. The number of carbonyl (C=O) groups excluding carboxylic acids is 2. The maximum absolute atomic E-state index is 11.5. The predicted molar refractivity (Wildman–Crippen MR) is 65.2 cm³/mol. The van der Waals surface area contributed by atoms with Crippen LogP contribution in [0, 0.1) is 10.1 Å². The van der Waals surface area contributed by atoms with E-state index in [4.69, 9.17) is 10.5 Å². The fourth-order valence-electron chi connectivity index (χ4n) is 1.55. The molecule has 0 aliphatic heterocycles. The molecule has 0 spiro atoms. The van der Waals surface area contributed by atoms with Gasteiger partial charge in [0.1, 0.15) is 0 Å². The molecule has 1 atom stereocenters. The number of hydrogen-bond donors (Lipinski definition) is 1. The van der Waals surface area contributed by atoms with Gasteiger partial charge < -0.3 is 15.2 Å². The molecule has 1 amide bonds. The largest absolute Gasteiger partial charge is 0.464 e. The van der Waals surface area contributed by atoms with Crippen molar-refractivity contribution in [2.75, 3.05) is 14.2 Å². The zero-order valence-corrected chi connectivity index (χ0v) is 11.2. The molecule has 0 aliphatic rings. The standard InChI is InChI=1S/C10H14N4O6/c1-5(19-2)4-13-8(9(11)15)7(14(17)18)6(12-13)10(16)20-3/h5H,4H2,1-3H3,(H2,11,15)/t5-/m0/s1. The molecule has 10 heteroatoms. The molecule has 20 heavy (non-hydrogen) atoms. The van der Waals surface area contributed by atoms with Crippen LogP contribution < -0.4 is 5.73 Å². The Morgan fingerprint density at radius 1 is 1.50 bits per heavy atom. The van der Waals surface area contributed by atoms with Crippen molar-refractivity contribution in [3.8, 4) is 0 Å². The van der Waals surface area contributed by atoms with E-state index in [0.717, 1.165) is 11.8 Å². The van der Waals surface area contributed by atoms with Crippen LogP contribution in [-0.4, -0.2) is 46.9 Å². The second-order valence-corrected chi connectivity index (χ2v) is 3.89. The number of primary amides is 1. The molecule has 0 unspecified atom stereocenters. The number of rotatable bonds is 6. The first-order chi connectivity index (χ1) is 9.33. The highest BCUT2D eigenvalue weighted by Crippen LogP contribution is 2.24. The Labute approximate surface area is 113 Å². The van der Waals surface area contributed by atoms with E-state index in [1.807, 2.05) is 0 Å². The van der Waals surface area contributed by atoms with Gasteiger partial charge in [-0.2, -0.15) is 5.10 Å². The van der Waals surface area contributed by atoms with E-state index in [1.54, 1.807) is 6.92 Å². The fourth-order valence-corrected chi connectivity index (χ4v) is 1.55. The van der Waals surface area contributed by atoms with Crippen molar-refractivity contribution in [1.29, 1.82) is 0 Å². The molecule has 1 aromatic rings. The first-order valence-corrected chi connectivity index (χ1v) is 5.49. The normalized spacial score (nSPS) is 11.9. The SMILES string of the molecule is COC(=O)c1nn(C[C@H](C)OC)c(C(N)=O)c1[N+](=O)[O-].